The van der Waals surface area contributed by atoms with Crippen molar-refractivity contribution in [1.82, 2.24) is 10.2 Å². The first-order chi connectivity index (χ1) is 10.3. The zero-order valence-electron chi connectivity index (χ0n) is 14.8. The monoisotopic (exact) mass is 300 g/mol. The van der Waals surface area contributed by atoms with Gasteiger partial charge in [0.25, 0.3) is 0 Å². The second-order valence-electron chi connectivity index (χ2n) is 7.22. The number of carbonyl (C=O) groups is 1. The average molecular weight is 300 g/mol. The number of rotatable bonds is 2. The minimum absolute atomic E-state index is 0.276. The summed E-state index contributed by atoms with van der Waals surface area (Å²) >= 11 is 0. The third-order valence-corrected chi connectivity index (χ3v) is 5.31. The standard InChI is InChI=1S/C19H28N2O/c1-12(2)13(3)18-17-11-19(6,15(5)22)10-8-7-9-16(17)14(4)20-21-18/h7-11H2,1-6H3. The van der Waals surface area contributed by atoms with E-state index in [1.807, 2.05) is 6.92 Å². The number of fused-ring (bicyclic) bond motifs is 1. The maximum atomic E-state index is 12.2. The van der Waals surface area contributed by atoms with Crippen molar-refractivity contribution in [2.75, 3.05) is 0 Å². The van der Waals surface area contributed by atoms with Crippen LogP contribution in [0.1, 0.15) is 76.4 Å². The molecule has 0 saturated heterocycles. The Hall–Kier alpha value is -1.51. The highest BCUT2D eigenvalue weighted by Gasteiger charge is 2.33. The number of aromatic nitrogens is 2. The lowest BCUT2D eigenvalue weighted by Crippen LogP contribution is -2.31. The fourth-order valence-corrected chi connectivity index (χ4v) is 3.26. The van der Waals surface area contributed by atoms with Crippen LogP contribution in [0.3, 0.4) is 0 Å². The van der Waals surface area contributed by atoms with Gasteiger partial charge in [-0.3, -0.25) is 4.79 Å². The lowest BCUT2D eigenvalue weighted by molar-refractivity contribution is -0.126. The number of carbonyl (C=O) groups excluding carboxylic acids is 1. The van der Waals surface area contributed by atoms with Gasteiger partial charge in [0.1, 0.15) is 5.78 Å². The summed E-state index contributed by atoms with van der Waals surface area (Å²) in [5.74, 6) is 0.288. The Morgan fingerprint density at radius 3 is 2.32 bits per heavy atom. The van der Waals surface area contributed by atoms with Gasteiger partial charge in [-0.25, -0.2) is 0 Å². The van der Waals surface area contributed by atoms with Crippen LogP contribution in [-0.2, 0) is 17.6 Å². The van der Waals surface area contributed by atoms with E-state index in [1.165, 1.54) is 22.3 Å². The van der Waals surface area contributed by atoms with Crippen LogP contribution in [0, 0.1) is 12.3 Å². The third kappa shape index (κ3) is 3.13. The van der Waals surface area contributed by atoms with Crippen molar-refractivity contribution in [1.29, 1.82) is 0 Å². The van der Waals surface area contributed by atoms with Crippen molar-refractivity contribution in [3.8, 4) is 0 Å². The Kier molecular flexibility index (Phi) is 4.84. The Labute approximate surface area is 134 Å². The molecule has 0 radical (unpaired) electrons. The summed E-state index contributed by atoms with van der Waals surface area (Å²) in [4.78, 5) is 12.2. The topological polar surface area (TPSA) is 42.9 Å². The Balaban J connectivity index is 2.66. The van der Waals surface area contributed by atoms with Gasteiger partial charge in [-0.2, -0.15) is 10.2 Å². The molecule has 0 N–H and O–H groups in total. The second kappa shape index (κ2) is 6.31. The first kappa shape index (κ1) is 16.9. The molecule has 1 aromatic heterocycles. The van der Waals surface area contributed by atoms with Crippen LogP contribution in [0.25, 0.3) is 5.57 Å². The van der Waals surface area contributed by atoms with Crippen molar-refractivity contribution < 1.29 is 4.79 Å². The largest absolute Gasteiger partial charge is 0.299 e. The number of nitrogens with zero attached hydrogens (tertiary/aromatic N) is 2. The van der Waals surface area contributed by atoms with Gasteiger partial charge in [0.15, 0.2) is 0 Å². The molecule has 22 heavy (non-hydrogen) atoms. The van der Waals surface area contributed by atoms with E-state index in [2.05, 4.69) is 37.9 Å². The second-order valence-corrected chi connectivity index (χ2v) is 7.22. The smallest absolute Gasteiger partial charge is 0.136 e. The van der Waals surface area contributed by atoms with Crippen molar-refractivity contribution in [2.45, 2.75) is 73.6 Å². The van der Waals surface area contributed by atoms with E-state index >= 15 is 0 Å². The van der Waals surface area contributed by atoms with E-state index in [4.69, 9.17) is 0 Å². The number of allylic oxidation sites excluding steroid dienone is 2. The predicted molar refractivity (Wildman–Crippen MR) is 90.8 cm³/mol. The molecule has 0 fully saturated rings. The van der Waals surface area contributed by atoms with Crippen LogP contribution < -0.4 is 0 Å². The summed E-state index contributed by atoms with van der Waals surface area (Å²) in [6.07, 6.45) is 5.03. The van der Waals surface area contributed by atoms with Gasteiger partial charge in [-0.05, 0) is 77.0 Å². The molecular weight excluding hydrogens is 272 g/mol. The molecule has 1 aromatic rings. The van der Waals surface area contributed by atoms with E-state index in [9.17, 15) is 4.79 Å². The van der Waals surface area contributed by atoms with Crippen molar-refractivity contribution in [3.05, 3.63) is 28.1 Å². The minimum Gasteiger partial charge on any atom is -0.299 e. The van der Waals surface area contributed by atoms with Crippen LogP contribution in [0.5, 0.6) is 0 Å². The normalized spacial score (nSPS) is 21.5. The minimum atomic E-state index is -0.276. The fraction of sp³-hybridized carbons (Fsp3) is 0.632. The summed E-state index contributed by atoms with van der Waals surface area (Å²) in [5.41, 5.74) is 6.76. The first-order valence-electron chi connectivity index (χ1n) is 8.27. The molecule has 0 spiro atoms. The van der Waals surface area contributed by atoms with Gasteiger partial charge in [0.05, 0.1) is 11.4 Å². The summed E-state index contributed by atoms with van der Waals surface area (Å²) in [6.45, 7) is 12.2. The van der Waals surface area contributed by atoms with Crippen molar-refractivity contribution in [2.24, 2.45) is 5.41 Å². The molecule has 0 amide bonds. The van der Waals surface area contributed by atoms with E-state index in [-0.39, 0.29) is 11.2 Å². The van der Waals surface area contributed by atoms with Gasteiger partial charge in [0.2, 0.25) is 0 Å². The van der Waals surface area contributed by atoms with Gasteiger partial charge in [-0.1, -0.05) is 18.9 Å². The van der Waals surface area contributed by atoms with E-state index < -0.39 is 0 Å². The SMILES string of the molecule is CC(=O)C1(C)CCCCc2c(C)nnc(C(C)=C(C)C)c2C1. The Bertz CT molecular complexity index is 627. The fourth-order valence-electron chi connectivity index (χ4n) is 3.26. The maximum Gasteiger partial charge on any atom is 0.136 e. The van der Waals surface area contributed by atoms with E-state index in [1.54, 1.807) is 6.92 Å². The molecule has 1 heterocycles. The molecule has 1 aliphatic rings. The number of Topliss-reactive ketones (excluding diaryl/α,β-unsaturated/α-hetero) is 1. The Morgan fingerprint density at radius 1 is 1.05 bits per heavy atom. The highest BCUT2D eigenvalue weighted by molar-refractivity contribution is 5.82. The zero-order valence-corrected chi connectivity index (χ0v) is 14.8. The summed E-state index contributed by atoms with van der Waals surface area (Å²) in [7, 11) is 0. The van der Waals surface area contributed by atoms with Crippen molar-refractivity contribution >= 4 is 11.4 Å². The van der Waals surface area contributed by atoms with Gasteiger partial charge < -0.3 is 0 Å². The number of ketones is 1. The predicted octanol–water partition coefficient (Wildman–Crippen LogP) is 4.46. The van der Waals surface area contributed by atoms with E-state index in [0.29, 0.717) is 0 Å². The highest BCUT2D eigenvalue weighted by Crippen LogP contribution is 2.37. The molecule has 1 aliphatic carbocycles. The molecule has 2 rings (SSSR count). The molecule has 0 aromatic carbocycles. The zero-order chi connectivity index (χ0) is 16.5. The molecule has 0 aliphatic heterocycles. The van der Waals surface area contributed by atoms with Crippen molar-refractivity contribution in [3.63, 3.8) is 0 Å². The van der Waals surface area contributed by atoms with Crippen LogP contribution in [0.4, 0.5) is 0 Å². The van der Waals surface area contributed by atoms with Crippen LogP contribution >= 0.6 is 0 Å². The summed E-state index contributed by atoms with van der Waals surface area (Å²) in [5, 5.41) is 8.88. The average Bonchev–Trinajstić information content (AvgIpc) is 2.42. The quantitative estimate of drug-likeness (QED) is 0.809. The number of aryl methyl sites for hydroxylation is 1. The third-order valence-electron chi connectivity index (χ3n) is 5.31. The highest BCUT2D eigenvalue weighted by atomic mass is 16.1. The lowest BCUT2D eigenvalue weighted by atomic mass is 9.72. The summed E-state index contributed by atoms with van der Waals surface area (Å²) < 4.78 is 0. The molecule has 1 unspecified atom stereocenters. The lowest BCUT2D eigenvalue weighted by Gasteiger charge is -2.31. The maximum absolute atomic E-state index is 12.2. The summed E-state index contributed by atoms with van der Waals surface area (Å²) in [6, 6.07) is 0. The number of hydrogen-bond acceptors (Lipinski definition) is 3. The molecule has 0 saturated carbocycles. The van der Waals surface area contributed by atoms with Gasteiger partial charge >= 0.3 is 0 Å². The van der Waals surface area contributed by atoms with Crippen LogP contribution in [0.15, 0.2) is 5.57 Å². The van der Waals surface area contributed by atoms with E-state index in [0.717, 1.165) is 43.5 Å². The molecule has 3 heteroatoms. The molecule has 0 bridgehead atoms. The molecule has 120 valence electrons. The van der Waals surface area contributed by atoms with Gasteiger partial charge in [-0.15, -0.1) is 0 Å². The van der Waals surface area contributed by atoms with Crippen LogP contribution in [0.2, 0.25) is 0 Å². The molecule has 3 nitrogen and oxygen atoms in total. The van der Waals surface area contributed by atoms with Crippen LogP contribution in [-0.4, -0.2) is 16.0 Å². The molecule has 1 atom stereocenters. The molecular formula is C19H28N2O. The van der Waals surface area contributed by atoms with Gasteiger partial charge in [0, 0.05) is 5.41 Å². The first-order valence-corrected chi connectivity index (χ1v) is 8.27. The number of hydrogen-bond donors (Lipinski definition) is 0. The Morgan fingerprint density at radius 2 is 1.73 bits per heavy atom.